The molecule has 24 heavy (non-hydrogen) atoms. The van der Waals surface area contributed by atoms with Crippen LogP contribution < -0.4 is 0 Å². The average Bonchev–Trinajstić information content (AvgIpc) is 2.60. The van der Waals surface area contributed by atoms with Gasteiger partial charge in [0.05, 0.1) is 0 Å². The van der Waals surface area contributed by atoms with Gasteiger partial charge in [-0.3, -0.25) is 9.59 Å². The molecule has 0 aliphatic carbocycles. The predicted octanol–water partition coefficient (Wildman–Crippen LogP) is 2.21. The van der Waals surface area contributed by atoms with E-state index in [1.54, 1.807) is 19.0 Å². The Morgan fingerprint density at radius 3 is 2.33 bits per heavy atom. The van der Waals surface area contributed by atoms with Gasteiger partial charge in [0.25, 0.3) is 5.91 Å². The van der Waals surface area contributed by atoms with Crippen LogP contribution in [0.3, 0.4) is 0 Å². The molecular formula is C19H28N2O3. The van der Waals surface area contributed by atoms with Gasteiger partial charge in [0, 0.05) is 39.4 Å². The maximum absolute atomic E-state index is 11.9. The highest BCUT2D eigenvalue weighted by Crippen LogP contribution is 2.22. The number of amides is 2. The van der Waals surface area contributed by atoms with Crippen molar-refractivity contribution in [1.82, 2.24) is 9.80 Å². The summed E-state index contributed by atoms with van der Waals surface area (Å²) >= 11 is 0. The Labute approximate surface area is 144 Å². The van der Waals surface area contributed by atoms with E-state index in [0.29, 0.717) is 12.5 Å². The van der Waals surface area contributed by atoms with Crippen LogP contribution in [-0.4, -0.2) is 62.0 Å². The summed E-state index contributed by atoms with van der Waals surface area (Å²) in [6, 6.07) is 7.89. The number of piperidine rings is 1. The van der Waals surface area contributed by atoms with E-state index in [-0.39, 0.29) is 18.4 Å². The Balaban J connectivity index is 1.81. The topological polar surface area (TPSA) is 49.9 Å². The number of likely N-dealkylation sites (tertiary alicyclic amines) is 1. The summed E-state index contributed by atoms with van der Waals surface area (Å²) in [4.78, 5) is 27.3. The Morgan fingerprint density at radius 1 is 1.17 bits per heavy atom. The van der Waals surface area contributed by atoms with Crippen LogP contribution in [0.15, 0.2) is 24.3 Å². The Hall–Kier alpha value is -1.88. The second-order valence-electron chi connectivity index (χ2n) is 6.56. The molecule has 0 spiro atoms. The number of ether oxygens (including phenoxy) is 1. The van der Waals surface area contributed by atoms with Crippen LogP contribution in [0.5, 0.6) is 0 Å². The van der Waals surface area contributed by atoms with Crippen molar-refractivity contribution >= 4 is 11.8 Å². The fourth-order valence-corrected chi connectivity index (χ4v) is 3.04. The monoisotopic (exact) mass is 332 g/mol. The molecule has 1 aromatic carbocycles. The maximum atomic E-state index is 11.9. The van der Waals surface area contributed by atoms with E-state index >= 15 is 0 Å². The largest absolute Gasteiger partial charge is 0.372 e. The van der Waals surface area contributed by atoms with Crippen molar-refractivity contribution in [2.45, 2.75) is 26.2 Å². The summed E-state index contributed by atoms with van der Waals surface area (Å²) in [7, 11) is 3.52. The minimum absolute atomic E-state index is 0.0302. The van der Waals surface area contributed by atoms with E-state index in [9.17, 15) is 9.59 Å². The number of benzene rings is 1. The van der Waals surface area contributed by atoms with E-state index < -0.39 is 0 Å². The number of hydrogen-bond acceptors (Lipinski definition) is 3. The molecule has 2 amide bonds. The average molecular weight is 332 g/mol. The highest BCUT2D eigenvalue weighted by atomic mass is 16.5. The molecule has 1 saturated heterocycles. The molecule has 0 N–H and O–H groups in total. The van der Waals surface area contributed by atoms with E-state index in [1.807, 2.05) is 36.1 Å². The maximum Gasteiger partial charge on any atom is 0.253 e. The Bertz CT molecular complexity index is 546. The molecular weight excluding hydrogens is 304 g/mol. The Morgan fingerprint density at radius 2 is 1.79 bits per heavy atom. The first-order valence-corrected chi connectivity index (χ1v) is 8.67. The minimum Gasteiger partial charge on any atom is -0.372 e. The van der Waals surface area contributed by atoms with Gasteiger partial charge < -0.3 is 14.5 Å². The fourth-order valence-electron chi connectivity index (χ4n) is 3.04. The third-order valence-electron chi connectivity index (χ3n) is 4.53. The van der Waals surface area contributed by atoms with Gasteiger partial charge in [0.2, 0.25) is 5.91 Å². The lowest BCUT2D eigenvalue weighted by molar-refractivity contribution is -0.137. The van der Waals surface area contributed by atoms with Gasteiger partial charge >= 0.3 is 0 Å². The highest BCUT2D eigenvalue weighted by molar-refractivity contribution is 5.93. The summed E-state index contributed by atoms with van der Waals surface area (Å²) in [6.45, 7) is 4.30. The van der Waals surface area contributed by atoms with Crippen LogP contribution in [0.2, 0.25) is 0 Å². The normalized spacial score (nSPS) is 15.4. The number of rotatable bonds is 6. The summed E-state index contributed by atoms with van der Waals surface area (Å²) in [5, 5.41) is 0. The molecule has 1 heterocycles. The summed E-state index contributed by atoms with van der Waals surface area (Å²) in [5.74, 6) is 0.723. The van der Waals surface area contributed by atoms with E-state index in [2.05, 4.69) is 0 Å². The summed E-state index contributed by atoms with van der Waals surface area (Å²) < 4.78 is 5.20. The molecule has 2 rings (SSSR count). The minimum atomic E-state index is 0.0302. The second-order valence-corrected chi connectivity index (χ2v) is 6.56. The molecule has 1 fully saturated rings. The van der Waals surface area contributed by atoms with Crippen molar-refractivity contribution < 1.29 is 14.3 Å². The van der Waals surface area contributed by atoms with Gasteiger partial charge in [-0.1, -0.05) is 12.1 Å². The lowest BCUT2D eigenvalue weighted by Crippen LogP contribution is -2.40. The third kappa shape index (κ3) is 5.06. The van der Waals surface area contributed by atoms with E-state index in [4.69, 9.17) is 4.74 Å². The Kier molecular flexibility index (Phi) is 6.79. The van der Waals surface area contributed by atoms with Crippen molar-refractivity contribution in [3.05, 3.63) is 35.4 Å². The van der Waals surface area contributed by atoms with Crippen LogP contribution in [0, 0.1) is 5.92 Å². The van der Waals surface area contributed by atoms with Crippen molar-refractivity contribution in [2.24, 2.45) is 5.92 Å². The first kappa shape index (κ1) is 18.5. The van der Waals surface area contributed by atoms with Gasteiger partial charge in [-0.2, -0.15) is 0 Å². The first-order valence-electron chi connectivity index (χ1n) is 8.67. The van der Waals surface area contributed by atoms with Crippen LogP contribution in [-0.2, 0) is 16.0 Å². The quantitative estimate of drug-likeness (QED) is 0.802. The van der Waals surface area contributed by atoms with Crippen LogP contribution in [0.4, 0.5) is 0 Å². The second kappa shape index (κ2) is 8.83. The molecule has 0 radical (unpaired) electrons. The lowest BCUT2D eigenvalue weighted by Gasteiger charge is -2.32. The molecule has 5 heteroatoms. The summed E-state index contributed by atoms with van der Waals surface area (Å²) in [5.41, 5.74) is 1.98. The molecule has 0 atom stereocenters. The lowest BCUT2D eigenvalue weighted by atomic mass is 9.90. The van der Waals surface area contributed by atoms with Gasteiger partial charge in [-0.05, 0) is 49.8 Å². The smallest absolute Gasteiger partial charge is 0.253 e. The molecule has 5 nitrogen and oxygen atoms in total. The summed E-state index contributed by atoms with van der Waals surface area (Å²) in [6.07, 6.45) is 3.05. The zero-order valence-corrected chi connectivity index (χ0v) is 15.0. The predicted molar refractivity (Wildman–Crippen MR) is 94.0 cm³/mol. The number of hydrogen-bond donors (Lipinski definition) is 0. The van der Waals surface area contributed by atoms with Gasteiger partial charge in [-0.15, -0.1) is 0 Å². The SMILES string of the molecule is CCOCC(=O)N1CCC(Cc2ccc(C(=O)N(C)C)cc2)CC1. The molecule has 1 aliphatic heterocycles. The molecule has 1 aromatic rings. The van der Waals surface area contributed by atoms with Crippen LogP contribution in [0.25, 0.3) is 0 Å². The fraction of sp³-hybridized carbons (Fsp3) is 0.579. The van der Waals surface area contributed by atoms with Crippen molar-refractivity contribution in [2.75, 3.05) is 40.4 Å². The number of carbonyl (C=O) groups excluding carboxylic acids is 2. The standard InChI is InChI=1S/C19H28N2O3/c1-4-24-14-18(22)21-11-9-16(10-12-21)13-15-5-7-17(8-6-15)19(23)20(2)3/h5-8,16H,4,9-14H2,1-3H3. The first-order chi connectivity index (χ1) is 11.5. The van der Waals surface area contributed by atoms with Gasteiger partial charge in [0.1, 0.15) is 6.61 Å². The zero-order valence-electron chi connectivity index (χ0n) is 15.0. The van der Waals surface area contributed by atoms with Crippen molar-refractivity contribution in [3.63, 3.8) is 0 Å². The van der Waals surface area contributed by atoms with Crippen LogP contribution in [0.1, 0.15) is 35.7 Å². The van der Waals surface area contributed by atoms with Gasteiger partial charge in [-0.25, -0.2) is 0 Å². The third-order valence-corrected chi connectivity index (χ3v) is 4.53. The molecule has 0 saturated carbocycles. The van der Waals surface area contributed by atoms with E-state index in [0.717, 1.165) is 37.9 Å². The van der Waals surface area contributed by atoms with E-state index in [1.165, 1.54) is 5.56 Å². The molecule has 0 bridgehead atoms. The molecule has 132 valence electrons. The highest BCUT2D eigenvalue weighted by Gasteiger charge is 2.22. The zero-order chi connectivity index (χ0) is 17.5. The molecule has 0 unspecified atom stereocenters. The van der Waals surface area contributed by atoms with Crippen LogP contribution >= 0.6 is 0 Å². The molecule has 1 aliphatic rings. The van der Waals surface area contributed by atoms with Crippen molar-refractivity contribution in [1.29, 1.82) is 0 Å². The number of nitrogens with zero attached hydrogens (tertiary/aromatic N) is 2. The number of carbonyl (C=O) groups is 2. The van der Waals surface area contributed by atoms with Gasteiger partial charge in [0.15, 0.2) is 0 Å². The molecule has 0 aromatic heterocycles. The van der Waals surface area contributed by atoms with Crippen molar-refractivity contribution in [3.8, 4) is 0 Å².